The Morgan fingerprint density at radius 2 is 1.63 bits per heavy atom. The van der Waals surface area contributed by atoms with E-state index in [0.717, 1.165) is 43.2 Å². The third-order valence-electron chi connectivity index (χ3n) is 5.83. The van der Waals surface area contributed by atoms with Crippen LogP contribution in [-0.2, 0) is 6.42 Å². The van der Waals surface area contributed by atoms with E-state index in [1.165, 1.54) is 20.9 Å². The lowest BCUT2D eigenvalue weighted by atomic mass is 9.97. The second-order valence-electron chi connectivity index (χ2n) is 7.76. The van der Waals surface area contributed by atoms with Crippen LogP contribution in [0, 0.1) is 0 Å². The molecule has 0 bridgehead atoms. The van der Waals surface area contributed by atoms with E-state index < -0.39 is 0 Å². The lowest BCUT2D eigenvalue weighted by Crippen LogP contribution is -2.46. The summed E-state index contributed by atoms with van der Waals surface area (Å²) < 4.78 is 0. The zero-order valence-corrected chi connectivity index (χ0v) is 18.3. The molecule has 1 unspecified atom stereocenters. The Bertz CT molecular complexity index is 1050. The molecule has 0 aromatic heterocycles. The van der Waals surface area contributed by atoms with Crippen molar-refractivity contribution in [2.24, 2.45) is 5.10 Å². The van der Waals surface area contributed by atoms with Crippen LogP contribution in [0.4, 0.5) is 0 Å². The third kappa shape index (κ3) is 4.27. The number of hydrazone groups is 1. The topological polar surface area (TPSA) is 18.8 Å². The van der Waals surface area contributed by atoms with Crippen LogP contribution in [0.5, 0.6) is 0 Å². The van der Waals surface area contributed by atoms with Crippen molar-refractivity contribution in [2.45, 2.75) is 22.3 Å². The van der Waals surface area contributed by atoms with Crippen molar-refractivity contribution in [3.63, 3.8) is 0 Å². The largest absolute Gasteiger partial charge is 0.294 e. The Morgan fingerprint density at radius 3 is 2.47 bits per heavy atom. The van der Waals surface area contributed by atoms with Gasteiger partial charge in [0.25, 0.3) is 0 Å². The number of benzene rings is 3. The van der Waals surface area contributed by atoms with Gasteiger partial charge in [-0.3, -0.25) is 9.91 Å². The Hall–Kier alpha value is -2.27. The molecule has 2 aliphatic rings. The maximum Gasteiger partial charge on any atom is 0.0542 e. The summed E-state index contributed by atoms with van der Waals surface area (Å²) in [6, 6.07) is 25.8. The van der Waals surface area contributed by atoms with E-state index in [2.05, 4.69) is 58.4 Å². The van der Waals surface area contributed by atoms with Crippen molar-refractivity contribution in [1.29, 1.82) is 0 Å². The highest BCUT2D eigenvalue weighted by molar-refractivity contribution is 7.99. The molecule has 0 amide bonds. The van der Waals surface area contributed by atoms with Gasteiger partial charge in [0.05, 0.1) is 6.21 Å². The molecule has 0 N–H and O–H groups in total. The first-order valence-electron chi connectivity index (χ1n) is 10.4. The smallest absolute Gasteiger partial charge is 0.0542 e. The van der Waals surface area contributed by atoms with Gasteiger partial charge in [0, 0.05) is 47.0 Å². The Kier molecular flexibility index (Phi) is 5.80. The van der Waals surface area contributed by atoms with Crippen molar-refractivity contribution in [3.05, 3.63) is 94.5 Å². The zero-order chi connectivity index (χ0) is 20.3. The summed E-state index contributed by atoms with van der Waals surface area (Å²) >= 11 is 8.20. The molecule has 0 spiro atoms. The highest BCUT2D eigenvalue weighted by atomic mass is 35.5. The Labute approximate surface area is 187 Å². The summed E-state index contributed by atoms with van der Waals surface area (Å²) in [5, 5.41) is 7.71. The van der Waals surface area contributed by atoms with Crippen molar-refractivity contribution in [3.8, 4) is 0 Å². The summed E-state index contributed by atoms with van der Waals surface area (Å²) in [6.07, 6.45) is 2.96. The standard InChI is InChI=1S/C25H24ClN3S/c26-21-10-11-24-20(16-21)17-23(22-8-4-5-9-25(22)30-24)28-12-14-29(15-13-28)27-18-19-6-2-1-3-7-19/h1-11,16,18,23H,12-15,17H2/b27-18+. The molecule has 3 aromatic carbocycles. The lowest BCUT2D eigenvalue weighted by molar-refractivity contribution is 0.0970. The van der Waals surface area contributed by atoms with Gasteiger partial charge in [0.15, 0.2) is 0 Å². The monoisotopic (exact) mass is 433 g/mol. The highest BCUT2D eigenvalue weighted by Crippen LogP contribution is 2.43. The van der Waals surface area contributed by atoms with Gasteiger partial charge in [-0.25, -0.2) is 0 Å². The summed E-state index contributed by atoms with van der Waals surface area (Å²) in [5.41, 5.74) is 3.91. The van der Waals surface area contributed by atoms with Crippen LogP contribution in [0.15, 0.2) is 87.7 Å². The van der Waals surface area contributed by atoms with Gasteiger partial charge < -0.3 is 0 Å². The molecule has 1 atom stereocenters. The molecule has 30 heavy (non-hydrogen) atoms. The summed E-state index contributed by atoms with van der Waals surface area (Å²) in [4.78, 5) is 5.29. The number of fused-ring (bicyclic) bond motifs is 2. The number of hydrogen-bond acceptors (Lipinski definition) is 4. The zero-order valence-electron chi connectivity index (χ0n) is 16.7. The van der Waals surface area contributed by atoms with Crippen LogP contribution in [0.25, 0.3) is 0 Å². The minimum absolute atomic E-state index is 0.369. The van der Waals surface area contributed by atoms with Gasteiger partial charge in [-0.2, -0.15) is 5.10 Å². The maximum absolute atomic E-state index is 6.33. The SMILES string of the molecule is Clc1ccc2c(c1)CC(N1CCN(/N=C/c3ccccc3)CC1)c1ccccc1S2. The van der Waals surface area contributed by atoms with E-state index in [9.17, 15) is 0 Å². The van der Waals surface area contributed by atoms with E-state index >= 15 is 0 Å². The predicted octanol–water partition coefficient (Wildman–Crippen LogP) is 5.74. The average molecular weight is 434 g/mol. The molecule has 3 nitrogen and oxygen atoms in total. The van der Waals surface area contributed by atoms with Crippen LogP contribution in [0.2, 0.25) is 5.02 Å². The summed E-state index contributed by atoms with van der Waals surface area (Å²) in [5.74, 6) is 0. The second kappa shape index (κ2) is 8.84. The number of hydrogen-bond donors (Lipinski definition) is 0. The van der Waals surface area contributed by atoms with E-state index in [0.29, 0.717) is 6.04 Å². The van der Waals surface area contributed by atoms with Crippen LogP contribution < -0.4 is 0 Å². The molecule has 2 aliphatic heterocycles. The molecule has 2 heterocycles. The second-order valence-corrected chi connectivity index (χ2v) is 9.28. The third-order valence-corrected chi connectivity index (χ3v) is 7.28. The van der Waals surface area contributed by atoms with E-state index in [-0.39, 0.29) is 0 Å². The van der Waals surface area contributed by atoms with Crippen LogP contribution in [-0.4, -0.2) is 42.3 Å². The minimum Gasteiger partial charge on any atom is -0.294 e. The number of halogens is 1. The highest BCUT2D eigenvalue weighted by Gasteiger charge is 2.29. The predicted molar refractivity (Wildman–Crippen MR) is 126 cm³/mol. The van der Waals surface area contributed by atoms with Crippen molar-refractivity contribution < 1.29 is 0 Å². The van der Waals surface area contributed by atoms with Crippen molar-refractivity contribution in [1.82, 2.24) is 9.91 Å². The quantitative estimate of drug-likeness (QED) is 0.491. The molecular formula is C25H24ClN3S. The maximum atomic E-state index is 6.33. The van der Waals surface area contributed by atoms with Gasteiger partial charge >= 0.3 is 0 Å². The lowest BCUT2D eigenvalue weighted by Gasteiger charge is -2.38. The van der Waals surface area contributed by atoms with Crippen LogP contribution in [0.1, 0.15) is 22.7 Å². The number of rotatable bonds is 3. The van der Waals surface area contributed by atoms with Crippen molar-refractivity contribution >= 4 is 29.6 Å². The van der Waals surface area contributed by atoms with Gasteiger partial charge in [-0.05, 0) is 47.4 Å². The van der Waals surface area contributed by atoms with Crippen molar-refractivity contribution in [2.75, 3.05) is 26.2 Å². The average Bonchev–Trinajstić information content (AvgIpc) is 2.95. The van der Waals surface area contributed by atoms with Gasteiger partial charge in [0.1, 0.15) is 0 Å². The molecular weight excluding hydrogens is 410 g/mol. The normalized spacial score (nSPS) is 19.4. The fourth-order valence-corrected chi connectivity index (χ4v) is 5.55. The summed E-state index contributed by atoms with van der Waals surface area (Å²) in [6.45, 7) is 3.90. The van der Waals surface area contributed by atoms with E-state index in [4.69, 9.17) is 16.7 Å². The Balaban J connectivity index is 1.34. The molecule has 1 saturated heterocycles. The molecule has 0 aliphatic carbocycles. The molecule has 5 rings (SSSR count). The van der Waals surface area contributed by atoms with Crippen LogP contribution >= 0.6 is 23.4 Å². The fourth-order valence-electron chi connectivity index (χ4n) is 4.24. The van der Waals surface area contributed by atoms with Gasteiger partial charge in [0.2, 0.25) is 0 Å². The first-order chi connectivity index (χ1) is 14.8. The first-order valence-corrected chi connectivity index (χ1v) is 11.6. The summed E-state index contributed by atoms with van der Waals surface area (Å²) in [7, 11) is 0. The molecule has 3 aromatic rings. The van der Waals surface area contributed by atoms with Gasteiger partial charge in [-0.15, -0.1) is 0 Å². The number of piperazine rings is 1. The van der Waals surface area contributed by atoms with Gasteiger partial charge in [-0.1, -0.05) is 71.9 Å². The minimum atomic E-state index is 0.369. The molecule has 0 saturated carbocycles. The van der Waals surface area contributed by atoms with Crippen LogP contribution in [0.3, 0.4) is 0 Å². The van der Waals surface area contributed by atoms with E-state index in [1.54, 1.807) is 0 Å². The molecule has 5 heteroatoms. The van der Waals surface area contributed by atoms with E-state index in [1.807, 2.05) is 42.2 Å². The molecule has 0 radical (unpaired) electrons. The number of nitrogens with zero attached hydrogens (tertiary/aromatic N) is 3. The molecule has 152 valence electrons. The Morgan fingerprint density at radius 1 is 0.867 bits per heavy atom. The fraction of sp³-hybridized carbons (Fsp3) is 0.240. The molecule has 1 fully saturated rings. The first kappa shape index (κ1) is 19.7.